The second-order valence-corrected chi connectivity index (χ2v) is 6.47. The molecule has 2 aromatic rings. The largest absolute Gasteiger partial charge is 0.481 e. The zero-order valence-corrected chi connectivity index (χ0v) is 12.9. The normalized spacial score (nSPS) is 27.3. The number of hydrogen-bond acceptors (Lipinski definition) is 4. The van der Waals surface area contributed by atoms with Gasteiger partial charge in [-0.1, -0.05) is 30.3 Å². The Balaban J connectivity index is 1.45. The van der Waals surface area contributed by atoms with Gasteiger partial charge in [-0.15, -0.1) is 0 Å². The highest BCUT2D eigenvalue weighted by atomic mass is 16.5. The molecule has 3 aliphatic rings. The molecule has 1 aromatic carbocycles. The molecule has 1 amide bonds. The molecule has 0 unspecified atom stereocenters. The number of rotatable bonds is 4. The Hall–Kier alpha value is -2.73. The number of anilines is 1. The number of ether oxygens (including phenoxy) is 1. The van der Waals surface area contributed by atoms with Crippen LogP contribution in [-0.4, -0.2) is 34.2 Å². The van der Waals surface area contributed by atoms with E-state index in [4.69, 9.17) is 4.74 Å². The fourth-order valence-corrected chi connectivity index (χ4v) is 3.45. The molecule has 0 atom stereocenters. The number of carbonyl (C=O) groups is 2. The van der Waals surface area contributed by atoms with Gasteiger partial charge in [0.15, 0.2) is 0 Å². The monoisotopic (exact) mass is 324 g/mol. The summed E-state index contributed by atoms with van der Waals surface area (Å²) < 4.78 is 5.49. The third-order valence-corrected chi connectivity index (χ3v) is 4.83. The van der Waals surface area contributed by atoms with Crippen LogP contribution >= 0.6 is 0 Å². The van der Waals surface area contributed by atoms with Crippen molar-refractivity contribution in [2.75, 3.05) is 11.9 Å². The lowest BCUT2D eigenvalue weighted by Gasteiger charge is -2.40. The van der Waals surface area contributed by atoms with E-state index in [2.05, 4.69) is 10.3 Å². The first kappa shape index (κ1) is 14.8. The number of benzene rings is 1. The molecule has 2 aliphatic heterocycles. The van der Waals surface area contributed by atoms with E-state index < -0.39 is 17.0 Å². The summed E-state index contributed by atoms with van der Waals surface area (Å²) in [5.41, 5.74) is 0.497. The van der Waals surface area contributed by atoms with E-state index in [-0.39, 0.29) is 25.4 Å². The first-order chi connectivity index (χ1) is 11.5. The molecule has 5 rings (SSSR count). The van der Waals surface area contributed by atoms with E-state index in [0.29, 0.717) is 5.69 Å². The van der Waals surface area contributed by atoms with Gasteiger partial charge in [-0.2, -0.15) is 0 Å². The van der Waals surface area contributed by atoms with E-state index in [0.717, 1.165) is 11.3 Å². The van der Waals surface area contributed by atoms with Crippen LogP contribution in [0.2, 0.25) is 0 Å². The van der Waals surface area contributed by atoms with Crippen LogP contribution < -0.4 is 5.32 Å². The summed E-state index contributed by atoms with van der Waals surface area (Å²) in [6.45, 7) is 0.0982. The van der Waals surface area contributed by atoms with Crippen molar-refractivity contribution in [3.63, 3.8) is 0 Å². The number of carboxylic acid groups (broad SMARTS) is 1. The number of aliphatic carboxylic acids is 1. The summed E-state index contributed by atoms with van der Waals surface area (Å²) in [4.78, 5) is 28.0. The number of nitrogens with zero attached hydrogens (tertiary/aromatic N) is 1. The summed E-state index contributed by atoms with van der Waals surface area (Å²) in [5, 5.41) is 12.0. The molecule has 24 heavy (non-hydrogen) atoms. The molecule has 1 aliphatic carbocycles. The van der Waals surface area contributed by atoms with Crippen LogP contribution in [0.1, 0.15) is 12.8 Å². The lowest BCUT2D eigenvalue weighted by Crippen LogP contribution is -2.55. The van der Waals surface area contributed by atoms with Crippen molar-refractivity contribution in [2.45, 2.75) is 18.4 Å². The Morgan fingerprint density at radius 2 is 1.88 bits per heavy atom. The third-order valence-electron chi connectivity index (χ3n) is 4.83. The van der Waals surface area contributed by atoms with Crippen LogP contribution in [0.25, 0.3) is 11.3 Å². The summed E-state index contributed by atoms with van der Waals surface area (Å²) in [6, 6.07) is 13.4. The van der Waals surface area contributed by atoms with Crippen LogP contribution in [0, 0.1) is 5.41 Å². The smallest absolute Gasteiger partial charge is 0.312 e. The maximum atomic E-state index is 12.4. The lowest BCUT2D eigenvalue weighted by atomic mass is 9.62. The van der Waals surface area contributed by atoms with Crippen molar-refractivity contribution in [1.82, 2.24) is 4.98 Å². The number of amides is 1. The average molecular weight is 324 g/mol. The number of hydrogen-bond donors (Lipinski definition) is 2. The van der Waals surface area contributed by atoms with Crippen molar-refractivity contribution >= 4 is 17.6 Å². The molecule has 3 fully saturated rings. The van der Waals surface area contributed by atoms with E-state index in [1.807, 2.05) is 36.4 Å². The highest BCUT2D eigenvalue weighted by Crippen LogP contribution is 2.58. The van der Waals surface area contributed by atoms with Crippen LogP contribution in [0.4, 0.5) is 5.69 Å². The number of nitrogens with one attached hydrogen (secondary N) is 1. The molecule has 1 saturated carbocycles. The van der Waals surface area contributed by atoms with Gasteiger partial charge in [0.05, 0.1) is 29.6 Å². The van der Waals surface area contributed by atoms with Crippen molar-refractivity contribution < 1.29 is 19.4 Å². The Labute approximate surface area is 138 Å². The molecular formula is C18H16N2O4. The topological polar surface area (TPSA) is 88.5 Å². The molecule has 1 aromatic heterocycles. The molecule has 122 valence electrons. The van der Waals surface area contributed by atoms with Crippen molar-refractivity contribution in [3.05, 3.63) is 48.7 Å². The second kappa shape index (κ2) is 5.14. The van der Waals surface area contributed by atoms with Gasteiger partial charge < -0.3 is 15.2 Å². The van der Waals surface area contributed by atoms with Gasteiger partial charge in [0.25, 0.3) is 5.91 Å². The average Bonchev–Trinajstić information content (AvgIpc) is 3.14. The maximum absolute atomic E-state index is 12.4. The van der Waals surface area contributed by atoms with Gasteiger partial charge in [-0.05, 0) is 12.1 Å². The van der Waals surface area contributed by atoms with E-state index >= 15 is 0 Å². The number of aromatic nitrogens is 1. The zero-order chi connectivity index (χ0) is 16.8. The van der Waals surface area contributed by atoms with Gasteiger partial charge >= 0.3 is 5.97 Å². The summed E-state index contributed by atoms with van der Waals surface area (Å²) >= 11 is 0. The van der Waals surface area contributed by atoms with E-state index in [1.54, 1.807) is 12.3 Å². The standard InChI is InChI=1S/C18H16N2O4/c21-15(18-9-17(10-18,11-24-18)16(22)23)20-13-6-7-14(19-8-13)12-4-2-1-3-5-12/h1-8H,9-11H2,(H,20,21)(H,22,23). The Morgan fingerprint density at radius 3 is 2.46 bits per heavy atom. The minimum absolute atomic E-state index is 0.0982. The van der Waals surface area contributed by atoms with Crippen molar-refractivity contribution in [1.29, 1.82) is 0 Å². The molecular weight excluding hydrogens is 308 g/mol. The third kappa shape index (κ3) is 2.18. The first-order valence-corrected chi connectivity index (χ1v) is 7.73. The number of pyridine rings is 1. The van der Waals surface area contributed by atoms with Crippen LogP contribution in [0.5, 0.6) is 0 Å². The fourth-order valence-electron chi connectivity index (χ4n) is 3.45. The van der Waals surface area contributed by atoms with Crippen LogP contribution in [-0.2, 0) is 14.3 Å². The predicted molar refractivity (Wildman–Crippen MR) is 86.3 cm³/mol. The Morgan fingerprint density at radius 1 is 1.12 bits per heavy atom. The minimum Gasteiger partial charge on any atom is -0.481 e. The first-order valence-electron chi connectivity index (χ1n) is 7.73. The van der Waals surface area contributed by atoms with E-state index in [1.165, 1.54) is 0 Å². The van der Waals surface area contributed by atoms with Gasteiger partial charge in [0.2, 0.25) is 0 Å². The Kier molecular flexibility index (Phi) is 3.18. The molecule has 2 bridgehead atoms. The molecule has 6 nitrogen and oxygen atoms in total. The Bertz CT molecular complexity index is 796. The van der Waals surface area contributed by atoms with Gasteiger partial charge in [-0.3, -0.25) is 14.6 Å². The molecule has 2 saturated heterocycles. The highest BCUT2D eigenvalue weighted by Gasteiger charge is 2.70. The number of carboxylic acids is 1. The van der Waals surface area contributed by atoms with E-state index in [9.17, 15) is 14.7 Å². The number of carbonyl (C=O) groups excluding carboxylic acids is 1. The van der Waals surface area contributed by atoms with Gasteiger partial charge in [0, 0.05) is 18.4 Å². The fraction of sp³-hybridized carbons (Fsp3) is 0.278. The summed E-state index contributed by atoms with van der Waals surface area (Å²) in [5.74, 6) is -1.19. The molecule has 0 radical (unpaired) electrons. The summed E-state index contributed by atoms with van der Waals surface area (Å²) in [6.07, 6.45) is 2.06. The van der Waals surface area contributed by atoms with Gasteiger partial charge in [-0.25, -0.2) is 0 Å². The maximum Gasteiger partial charge on any atom is 0.312 e. The SMILES string of the molecule is O=C(O)C12COC(C(=O)Nc3ccc(-c4ccccc4)nc3)(C1)C2. The molecule has 3 heterocycles. The molecule has 0 spiro atoms. The van der Waals surface area contributed by atoms with Crippen molar-refractivity contribution in [2.24, 2.45) is 5.41 Å². The summed E-state index contributed by atoms with van der Waals surface area (Å²) in [7, 11) is 0. The van der Waals surface area contributed by atoms with Crippen LogP contribution in [0.3, 0.4) is 0 Å². The predicted octanol–water partition coefficient (Wildman–Crippen LogP) is 2.32. The molecule has 6 heteroatoms. The lowest BCUT2D eigenvalue weighted by molar-refractivity contribution is -0.156. The second-order valence-electron chi connectivity index (χ2n) is 6.47. The van der Waals surface area contributed by atoms with Gasteiger partial charge in [0.1, 0.15) is 5.60 Å². The number of fused-ring (bicyclic) bond motifs is 1. The quantitative estimate of drug-likeness (QED) is 0.901. The molecule has 2 N–H and O–H groups in total. The zero-order valence-electron chi connectivity index (χ0n) is 12.9. The van der Waals surface area contributed by atoms with Crippen molar-refractivity contribution in [3.8, 4) is 11.3 Å². The van der Waals surface area contributed by atoms with Crippen LogP contribution in [0.15, 0.2) is 48.7 Å². The highest BCUT2D eigenvalue weighted by molar-refractivity contribution is 6.00. The minimum atomic E-state index is -1.00.